The van der Waals surface area contributed by atoms with E-state index in [2.05, 4.69) is 4.98 Å². The van der Waals surface area contributed by atoms with Crippen LogP contribution in [0.1, 0.15) is 16.7 Å². The van der Waals surface area contributed by atoms with Gasteiger partial charge in [0, 0.05) is 0 Å². The van der Waals surface area contributed by atoms with Gasteiger partial charge in [-0.15, -0.1) is 0 Å². The van der Waals surface area contributed by atoms with Gasteiger partial charge >= 0.3 is 5.76 Å². The van der Waals surface area contributed by atoms with Crippen molar-refractivity contribution in [3.05, 3.63) is 33.3 Å². The van der Waals surface area contributed by atoms with Crippen molar-refractivity contribution in [3.8, 4) is 0 Å². The molecule has 0 fully saturated rings. The van der Waals surface area contributed by atoms with Crippen LogP contribution < -0.4 is 5.76 Å². The molecule has 68 valence electrons. The van der Waals surface area contributed by atoms with Crippen LogP contribution in [0.3, 0.4) is 0 Å². The maximum Gasteiger partial charge on any atom is 0.417 e. The molecule has 3 heteroatoms. The third kappa shape index (κ3) is 1.08. The highest BCUT2D eigenvalue weighted by Crippen LogP contribution is 2.21. The Bertz CT molecular complexity index is 519. The van der Waals surface area contributed by atoms with E-state index in [1.165, 1.54) is 11.1 Å². The Labute approximate surface area is 75.4 Å². The molecule has 0 spiro atoms. The molecule has 1 aromatic heterocycles. The second kappa shape index (κ2) is 2.49. The summed E-state index contributed by atoms with van der Waals surface area (Å²) in [6.07, 6.45) is 0. The van der Waals surface area contributed by atoms with Gasteiger partial charge in [-0.25, -0.2) is 4.79 Å². The van der Waals surface area contributed by atoms with E-state index in [9.17, 15) is 4.79 Å². The smallest absolute Gasteiger partial charge is 0.408 e. The van der Waals surface area contributed by atoms with Gasteiger partial charge < -0.3 is 4.42 Å². The summed E-state index contributed by atoms with van der Waals surface area (Å²) in [5.74, 6) is -0.386. The summed E-state index contributed by atoms with van der Waals surface area (Å²) in [6.45, 7) is 6.01. The molecule has 0 aliphatic carbocycles. The Morgan fingerprint density at radius 2 is 1.92 bits per heavy atom. The van der Waals surface area contributed by atoms with Crippen molar-refractivity contribution in [1.29, 1.82) is 0 Å². The number of aryl methyl sites for hydroxylation is 2. The standard InChI is InChI=1S/C10H11NO2/c1-5-4-8-9(7(3)6(5)2)13-10(12)11-8/h4H,1-3H3,(H,11,12). The van der Waals surface area contributed by atoms with E-state index in [-0.39, 0.29) is 5.76 Å². The van der Waals surface area contributed by atoms with Crippen molar-refractivity contribution in [2.75, 3.05) is 0 Å². The second-order valence-electron chi connectivity index (χ2n) is 3.33. The molecule has 2 aromatic rings. The maximum absolute atomic E-state index is 10.9. The predicted molar refractivity (Wildman–Crippen MR) is 51.0 cm³/mol. The molecule has 2 rings (SSSR count). The van der Waals surface area contributed by atoms with Crippen LogP contribution in [0, 0.1) is 20.8 Å². The summed E-state index contributed by atoms with van der Waals surface area (Å²) < 4.78 is 5.02. The first kappa shape index (κ1) is 8.10. The molecule has 0 radical (unpaired) electrons. The molecule has 13 heavy (non-hydrogen) atoms. The van der Waals surface area contributed by atoms with Crippen LogP contribution in [0.4, 0.5) is 0 Å². The SMILES string of the molecule is Cc1cc2[nH]c(=O)oc2c(C)c1C. The van der Waals surface area contributed by atoms with Gasteiger partial charge in [-0.3, -0.25) is 4.98 Å². The largest absolute Gasteiger partial charge is 0.417 e. The van der Waals surface area contributed by atoms with Crippen LogP contribution in [0.25, 0.3) is 11.1 Å². The number of H-pyrrole nitrogens is 1. The molecular weight excluding hydrogens is 166 g/mol. The van der Waals surface area contributed by atoms with E-state index in [4.69, 9.17) is 4.42 Å². The van der Waals surface area contributed by atoms with E-state index in [0.29, 0.717) is 5.58 Å². The van der Waals surface area contributed by atoms with Crippen molar-refractivity contribution >= 4 is 11.1 Å². The number of oxazole rings is 1. The highest BCUT2D eigenvalue weighted by molar-refractivity contribution is 5.78. The Hall–Kier alpha value is -1.51. The quantitative estimate of drug-likeness (QED) is 0.669. The summed E-state index contributed by atoms with van der Waals surface area (Å²) in [6, 6.07) is 1.93. The summed E-state index contributed by atoms with van der Waals surface area (Å²) in [4.78, 5) is 13.6. The van der Waals surface area contributed by atoms with E-state index >= 15 is 0 Å². The predicted octanol–water partition coefficient (Wildman–Crippen LogP) is 2.05. The summed E-state index contributed by atoms with van der Waals surface area (Å²) in [5, 5.41) is 0. The Morgan fingerprint density at radius 1 is 1.23 bits per heavy atom. The van der Waals surface area contributed by atoms with Crippen molar-refractivity contribution in [2.24, 2.45) is 0 Å². The third-order valence-corrected chi connectivity index (χ3v) is 2.53. The van der Waals surface area contributed by atoms with Crippen LogP contribution in [0.2, 0.25) is 0 Å². The molecule has 1 N–H and O–H groups in total. The van der Waals surface area contributed by atoms with Gasteiger partial charge in [-0.1, -0.05) is 0 Å². The normalized spacial score (nSPS) is 11.0. The van der Waals surface area contributed by atoms with Crippen molar-refractivity contribution < 1.29 is 4.42 Å². The van der Waals surface area contributed by atoms with Crippen molar-refractivity contribution in [2.45, 2.75) is 20.8 Å². The molecule has 0 saturated heterocycles. The first-order valence-electron chi connectivity index (χ1n) is 4.19. The van der Waals surface area contributed by atoms with E-state index in [1.807, 2.05) is 26.8 Å². The first-order chi connectivity index (χ1) is 6.09. The Morgan fingerprint density at radius 3 is 2.62 bits per heavy atom. The van der Waals surface area contributed by atoms with Gasteiger partial charge in [0.1, 0.15) is 0 Å². The molecule has 0 bridgehead atoms. The Kier molecular flexibility index (Phi) is 1.55. The number of aromatic nitrogens is 1. The number of benzene rings is 1. The topological polar surface area (TPSA) is 46.0 Å². The first-order valence-corrected chi connectivity index (χ1v) is 4.19. The van der Waals surface area contributed by atoms with Crippen LogP contribution in [-0.4, -0.2) is 4.98 Å². The second-order valence-corrected chi connectivity index (χ2v) is 3.33. The lowest BCUT2D eigenvalue weighted by Crippen LogP contribution is -1.92. The third-order valence-electron chi connectivity index (χ3n) is 2.53. The lowest BCUT2D eigenvalue weighted by atomic mass is 10.0. The van der Waals surface area contributed by atoms with E-state index in [1.54, 1.807) is 0 Å². The fourth-order valence-corrected chi connectivity index (χ4v) is 1.51. The van der Waals surface area contributed by atoms with E-state index in [0.717, 1.165) is 11.1 Å². The number of nitrogens with one attached hydrogen (secondary N) is 1. The zero-order chi connectivity index (χ0) is 9.59. The summed E-state index contributed by atoms with van der Waals surface area (Å²) in [7, 11) is 0. The van der Waals surface area contributed by atoms with Crippen LogP contribution in [0.15, 0.2) is 15.3 Å². The van der Waals surface area contributed by atoms with Crippen molar-refractivity contribution in [3.63, 3.8) is 0 Å². The van der Waals surface area contributed by atoms with Crippen molar-refractivity contribution in [1.82, 2.24) is 4.98 Å². The van der Waals surface area contributed by atoms with Crippen LogP contribution in [0.5, 0.6) is 0 Å². The molecule has 0 unspecified atom stereocenters. The fourth-order valence-electron chi connectivity index (χ4n) is 1.51. The zero-order valence-corrected chi connectivity index (χ0v) is 7.89. The molecule has 0 aliphatic heterocycles. The fraction of sp³-hybridized carbons (Fsp3) is 0.300. The minimum absolute atomic E-state index is 0.386. The van der Waals surface area contributed by atoms with Crippen LogP contribution in [-0.2, 0) is 0 Å². The van der Waals surface area contributed by atoms with E-state index < -0.39 is 0 Å². The van der Waals surface area contributed by atoms with Gasteiger partial charge in [0.2, 0.25) is 0 Å². The molecule has 1 heterocycles. The van der Waals surface area contributed by atoms with Crippen LogP contribution >= 0.6 is 0 Å². The minimum atomic E-state index is -0.386. The summed E-state index contributed by atoms with van der Waals surface area (Å²) >= 11 is 0. The van der Waals surface area contributed by atoms with Gasteiger partial charge in [0.05, 0.1) is 5.52 Å². The molecule has 0 aliphatic rings. The van der Waals surface area contributed by atoms with Gasteiger partial charge in [0.25, 0.3) is 0 Å². The lowest BCUT2D eigenvalue weighted by Gasteiger charge is -2.03. The molecule has 0 atom stereocenters. The monoisotopic (exact) mass is 177 g/mol. The van der Waals surface area contributed by atoms with Gasteiger partial charge in [-0.05, 0) is 43.5 Å². The number of rotatable bonds is 0. The van der Waals surface area contributed by atoms with Gasteiger partial charge in [0.15, 0.2) is 5.58 Å². The minimum Gasteiger partial charge on any atom is -0.408 e. The highest BCUT2D eigenvalue weighted by Gasteiger charge is 2.08. The van der Waals surface area contributed by atoms with Gasteiger partial charge in [-0.2, -0.15) is 0 Å². The molecule has 0 saturated carbocycles. The Balaban J connectivity index is 3.00. The number of fused-ring (bicyclic) bond motifs is 1. The average molecular weight is 177 g/mol. The molecule has 1 aromatic carbocycles. The number of aromatic amines is 1. The zero-order valence-electron chi connectivity index (χ0n) is 7.89. The summed E-state index contributed by atoms with van der Waals surface area (Å²) in [5.41, 5.74) is 4.84. The number of hydrogen-bond donors (Lipinski definition) is 1. The molecule has 0 amide bonds. The number of hydrogen-bond acceptors (Lipinski definition) is 2. The highest BCUT2D eigenvalue weighted by atomic mass is 16.4. The molecule has 3 nitrogen and oxygen atoms in total. The molecular formula is C10H11NO2. The lowest BCUT2D eigenvalue weighted by molar-refractivity contribution is 0.553. The maximum atomic E-state index is 10.9. The average Bonchev–Trinajstić information content (AvgIpc) is 2.42.